The van der Waals surface area contributed by atoms with Gasteiger partial charge in [0.1, 0.15) is 10.8 Å². The smallest absolute Gasteiger partial charge is 0.185 e. The number of nitrogens with zero attached hydrogens (tertiary/aromatic N) is 1. The predicted molar refractivity (Wildman–Crippen MR) is 73.3 cm³/mol. The van der Waals surface area contributed by atoms with Crippen LogP contribution < -0.4 is 5.73 Å². The minimum absolute atomic E-state index is 0.0736. The fraction of sp³-hybridized carbons (Fsp3) is 0.250. The number of nitrogens with two attached hydrogens (primary N) is 1. The molecule has 0 fully saturated rings. The van der Waals surface area contributed by atoms with Crippen LogP contribution in [0.25, 0.3) is 0 Å². The first kappa shape index (κ1) is 13.0. The summed E-state index contributed by atoms with van der Waals surface area (Å²) < 4.78 is 24.6. The Balaban J connectivity index is 2.40. The summed E-state index contributed by atoms with van der Waals surface area (Å²) in [6, 6.07) is 4.94. The van der Waals surface area contributed by atoms with E-state index in [9.17, 15) is 8.42 Å². The molecule has 2 rings (SSSR count). The van der Waals surface area contributed by atoms with Gasteiger partial charge in [-0.1, -0.05) is 6.07 Å². The maximum Gasteiger partial charge on any atom is 0.185 e. The second-order valence-electron chi connectivity index (χ2n) is 4.11. The molecule has 96 valence electrons. The molecule has 0 amide bonds. The maximum absolute atomic E-state index is 12.3. The van der Waals surface area contributed by atoms with E-state index in [4.69, 9.17) is 5.73 Å². The van der Waals surface area contributed by atoms with Gasteiger partial charge in [0.15, 0.2) is 9.84 Å². The van der Waals surface area contributed by atoms with Gasteiger partial charge in [-0.25, -0.2) is 13.4 Å². The molecule has 1 aromatic heterocycles. The molecule has 0 spiro atoms. The first-order valence-electron chi connectivity index (χ1n) is 5.39. The van der Waals surface area contributed by atoms with Gasteiger partial charge in [0, 0.05) is 16.8 Å². The van der Waals surface area contributed by atoms with Crippen LogP contribution in [0.4, 0.5) is 5.69 Å². The first-order valence-corrected chi connectivity index (χ1v) is 7.92. The topological polar surface area (TPSA) is 73.0 Å². The summed E-state index contributed by atoms with van der Waals surface area (Å²) in [5.74, 6) is -0.0736. The van der Waals surface area contributed by atoms with Crippen molar-refractivity contribution < 1.29 is 8.42 Å². The fourth-order valence-corrected chi connectivity index (χ4v) is 4.39. The summed E-state index contributed by atoms with van der Waals surface area (Å²) in [7, 11) is -3.39. The predicted octanol–water partition coefficient (Wildman–Crippen LogP) is 2.32. The zero-order valence-electron chi connectivity index (χ0n) is 10.2. The van der Waals surface area contributed by atoms with Crippen molar-refractivity contribution in [3.63, 3.8) is 0 Å². The van der Waals surface area contributed by atoms with E-state index in [-0.39, 0.29) is 10.6 Å². The van der Waals surface area contributed by atoms with Crippen LogP contribution in [0, 0.1) is 13.8 Å². The number of anilines is 1. The number of sulfone groups is 1. The second-order valence-corrected chi connectivity index (χ2v) is 7.01. The van der Waals surface area contributed by atoms with Crippen molar-refractivity contribution in [2.24, 2.45) is 0 Å². The van der Waals surface area contributed by atoms with Crippen LogP contribution in [0.1, 0.15) is 16.3 Å². The number of rotatable bonds is 3. The zero-order valence-corrected chi connectivity index (χ0v) is 11.8. The summed E-state index contributed by atoms with van der Waals surface area (Å²) in [6.45, 7) is 3.56. The molecule has 18 heavy (non-hydrogen) atoms. The molecule has 6 heteroatoms. The standard InChI is InChI=1S/C12H14N2O2S2/c1-8-6-17-12(14-8)7-18(15,16)11-5-3-4-10(13)9(11)2/h3-6H,7,13H2,1-2H3. The molecule has 0 aliphatic carbocycles. The Bertz CT molecular complexity index is 675. The van der Waals surface area contributed by atoms with Crippen molar-refractivity contribution in [1.29, 1.82) is 0 Å². The van der Waals surface area contributed by atoms with Crippen LogP contribution in [0.5, 0.6) is 0 Å². The third-order valence-electron chi connectivity index (χ3n) is 2.64. The molecule has 1 aromatic carbocycles. The summed E-state index contributed by atoms with van der Waals surface area (Å²) in [5, 5.41) is 2.45. The third-order valence-corrected chi connectivity index (χ3v) is 5.56. The molecule has 2 aromatic rings. The van der Waals surface area contributed by atoms with E-state index in [0.717, 1.165) is 5.69 Å². The SMILES string of the molecule is Cc1csc(CS(=O)(=O)c2cccc(N)c2C)n1. The quantitative estimate of drug-likeness (QED) is 0.877. The van der Waals surface area contributed by atoms with E-state index in [1.165, 1.54) is 11.3 Å². The van der Waals surface area contributed by atoms with Gasteiger partial charge in [-0.3, -0.25) is 0 Å². The van der Waals surface area contributed by atoms with Crippen LogP contribution in [0.15, 0.2) is 28.5 Å². The number of hydrogen-bond acceptors (Lipinski definition) is 5. The number of hydrogen-bond donors (Lipinski definition) is 1. The highest BCUT2D eigenvalue weighted by Gasteiger charge is 2.20. The highest BCUT2D eigenvalue weighted by atomic mass is 32.2. The average Bonchev–Trinajstić information content (AvgIpc) is 2.67. The molecule has 0 bridgehead atoms. The first-order chi connectivity index (χ1) is 8.40. The Morgan fingerprint density at radius 3 is 2.67 bits per heavy atom. The molecule has 0 saturated carbocycles. The van der Waals surface area contributed by atoms with Gasteiger partial charge < -0.3 is 5.73 Å². The number of nitrogen functional groups attached to an aromatic ring is 1. The molecule has 4 nitrogen and oxygen atoms in total. The lowest BCUT2D eigenvalue weighted by Crippen LogP contribution is -2.08. The van der Waals surface area contributed by atoms with Crippen LogP contribution in [0.3, 0.4) is 0 Å². The van der Waals surface area contributed by atoms with Gasteiger partial charge >= 0.3 is 0 Å². The van der Waals surface area contributed by atoms with E-state index >= 15 is 0 Å². The molecule has 0 saturated heterocycles. The van der Waals surface area contributed by atoms with Gasteiger partial charge in [0.2, 0.25) is 0 Å². The largest absolute Gasteiger partial charge is 0.398 e. The summed E-state index contributed by atoms with van der Waals surface area (Å²) in [6.07, 6.45) is 0. The van der Waals surface area contributed by atoms with Crippen molar-refractivity contribution in [3.8, 4) is 0 Å². The fourth-order valence-electron chi connectivity index (χ4n) is 1.68. The molecule has 2 N–H and O–H groups in total. The van der Waals surface area contributed by atoms with E-state index < -0.39 is 9.84 Å². The molecule has 0 atom stereocenters. The molecular weight excluding hydrogens is 268 g/mol. The molecule has 1 heterocycles. The van der Waals surface area contributed by atoms with Crippen molar-refractivity contribution in [3.05, 3.63) is 39.8 Å². The molecular formula is C12H14N2O2S2. The van der Waals surface area contributed by atoms with E-state index in [1.54, 1.807) is 25.1 Å². The molecule has 0 radical (unpaired) electrons. The number of aromatic nitrogens is 1. The van der Waals surface area contributed by atoms with Crippen molar-refractivity contribution in [2.75, 3.05) is 5.73 Å². The average molecular weight is 282 g/mol. The lowest BCUT2D eigenvalue weighted by Gasteiger charge is -2.08. The minimum Gasteiger partial charge on any atom is -0.398 e. The zero-order chi connectivity index (χ0) is 13.3. The summed E-state index contributed by atoms with van der Waals surface area (Å²) in [5.41, 5.74) is 7.67. The summed E-state index contributed by atoms with van der Waals surface area (Å²) in [4.78, 5) is 4.47. The normalized spacial score (nSPS) is 11.7. The molecule has 0 aliphatic rings. The van der Waals surface area contributed by atoms with E-state index in [0.29, 0.717) is 16.3 Å². The van der Waals surface area contributed by atoms with Crippen molar-refractivity contribution in [2.45, 2.75) is 24.5 Å². The van der Waals surface area contributed by atoms with Gasteiger partial charge in [-0.05, 0) is 31.5 Å². The van der Waals surface area contributed by atoms with Crippen LogP contribution in [-0.4, -0.2) is 13.4 Å². The van der Waals surface area contributed by atoms with Crippen LogP contribution >= 0.6 is 11.3 Å². The van der Waals surface area contributed by atoms with E-state index in [2.05, 4.69) is 4.98 Å². The Morgan fingerprint density at radius 1 is 1.33 bits per heavy atom. The number of benzene rings is 1. The summed E-state index contributed by atoms with van der Waals surface area (Å²) >= 11 is 1.36. The second kappa shape index (κ2) is 4.70. The van der Waals surface area contributed by atoms with E-state index in [1.807, 2.05) is 12.3 Å². The highest BCUT2D eigenvalue weighted by molar-refractivity contribution is 7.90. The molecule has 0 unspecified atom stereocenters. The lowest BCUT2D eigenvalue weighted by molar-refractivity contribution is 0.594. The Morgan fingerprint density at radius 2 is 2.06 bits per heavy atom. The van der Waals surface area contributed by atoms with Gasteiger partial charge in [0.05, 0.1) is 4.90 Å². The van der Waals surface area contributed by atoms with Crippen LogP contribution in [0.2, 0.25) is 0 Å². The third kappa shape index (κ3) is 2.54. The maximum atomic E-state index is 12.3. The monoisotopic (exact) mass is 282 g/mol. The molecule has 0 aliphatic heterocycles. The van der Waals surface area contributed by atoms with Crippen LogP contribution in [-0.2, 0) is 15.6 Å². The number of thiazole rings is 1. The van der Waals surface area contributed by atoms with Gasteiger partial charge in [-0.15, -0.1) is 11.3 Å². The lowest BCUT2D eigenvalue weighted by atomic mass is 10.2. The van der Waals surface area contributed by atoms with Crippen molar-refractivity contribution in [1.82, 2.24) is 4.98 Å². The Kier molecular flexibility index (Phi) is 3.41. The van der Waals surface area contributed by atoms with Gasteiger partial charge in [0.25, 0.3) is 0 Å². The number of aryl methyl sites for hydroxylation is 1. The Hall–Kier alpha value is -1.40. The highest BCUT2D eigenvalue weighted by Crippen LogP contribution is 2.24. The van der Waals surface area contributed by atoms with Crippen molar-refractivity contribution >= 4 is 26.9 Å². The minimum atomic E-state index is -3.39. The van der Waals surface area contributed by atoms with Gasteiger partial charge in [-0.2, -0.15) is 0 Å². The Labute approximate surface area is 110 Å².